The van der Waals surface area contributed by atoms with E-state index in [0.29, 0.717) is 23.7 Å². The molecule has 3 rings (SSSR count). The van der Waals surface area contributed by atoms with Gasteiger partial charge in [-0.1, -0.05) is 26.7 Å². The number of nitrogens with one attached hydrogen (secondary N) is 1. The largest absolute Gasteiger partial charge is 0.336 e. The van der Waals surface area contributed by atoms with Crippen molar-refractivity contribution >= 4 is 5.91 Å². The minimum atomic E-state index is -0.0441. The minimum Gasteiger partial charge on any atom is -0.336 e. The predicted molar refractivity (Wildman–Crippen MR) is 86.0 cm³/mol. The van der Waals surface area contributed by atoms with E-state index in [1.165, 1.54) is 12.8 Å². The van der Waals surface area contributed by atoms with Crippen molar-refractivity contribution < 1.29 is 4.79 Å². The van der Waals surface area contributed by atoms with Crippen LogP contribution in [0, 0.1) is 23.2 Å². The van der Waals surface area contributed by atoms with E-state index in [1.54, 1.807) is 0 Å². The van der Waals surface area contributed by atoms with E-state index in [1.807, 2.05) is 0 Å². The Morgan fingerprint density at radius 1 is 1.24 bits per heavy atom. The van der Waals surface area contributed by atoms with E-state index in [9.17, 15) is 4.79 Å². The number of carbonyl (C=O) groups is 1. The number of likely N-dealkylation sites (tertiary alicyclic amines) is 1. The maximum absolute atomic E-state index is 13.5. The molecule has 2 aliphatic heterocycles. The lowest BCUT2D eigenvalue weighted by molar-refractivity contribution is -0.147. The first kappa shape index (κ1) is 15.3. The maximum Gasteiger partial charge on any atom is 0.229 e. The summed E-state index contributed by atoms with van der Waals surface area (Å²) in [6.07, 6.45) is 5.78. The number of hydrogen-bond donors (Lipinski definition) is 1. The Bertz CT molecular complexity index is 409. The molecule has 1 amide bonds. The predicted octanol–water partition coefficient (Wildman–Crippen LogP) is 3.05. The smallest absolute Gasteiger partial charge is 0.229 e. The second-order valence-corrected chi connectivity index (χ2v) is 8.68. The number of nitrogens with zero attached hydrogens (tertiary/aromatic N) is 1. The fraction of sp³-hybridized carbons (Fsp3) is 0.944. The molecular weight excluding hydrogens is 260 g/mol. The topological polar surface area (TPSA) is 32.3 Å². The van der Waals surface area contributed by atoms with E-state index in [-0.39, 0.29) is 11.0 Å². The minimum absolute atomic E-state index is 0.0256. The summed E-state index contributed by atoms with van der Waals surface area (Å²) in [5, 5.41) is 3.51. The zero-order chi connectivity index (χ0) is 15.3. The Morgan fingerprint density at radius 2 is 1.90 bits per heavy atom. The van der Waals surface area contributed by atoms with Crippen LogP contribution in [-0.4, -0.2) is 36.0 Å². The van der Waals surface area contributed by atoms with Crippen molar-refractivity contribution in [3.05, 3.63) is 0 Å². The Balaban J connectivity index is 1.83. The van der Waals surface area contributed by atoms with Crippen LogP contribution >= 0.6 is 0 Å². The first-order valence-electron chi connectivity index (χ1n) is 8.90. The van der Waals surface area contributed by atoms with E-state index in [4.69, 9.17) is 0 Å². The van der Waals surface area contributed by atoms with Crippen LogP contribution < -0.4 is 5.32 Å². The van der Waals surface area contributed by atoms with Crippen molar-refractivity contribution in [2.24, 2.45) is 23.2 Å². The molecule has 1 N–H and O–H groups in total. The number of fused-ring (bicyclic) bond motifs is 1. The molecule has 2 heterocycles. The third-order valence-corrected chi connectivity index (χ3v) is 6.42. The molecule has 1 aliphatic carbocycles. The lowest BCUT2D eigenvalue weighted by Crippen LogP contribution is -2.53. The molecule has 3 fully saturated rings. The molecule has 3 nitrogen and oxygen atoms in total. The van der Waals surface area contributed by atoms with Gasteiger partial charge < -0.3 is 10.2 Å². The average Bonchev–Trinajstić information content (AvgIpc) is 3.07. The molecule has 0 bridgehead atoms. The molecule has 2 unspecified atom stereocenters. The highest BCUT2D eigenvalue weighted by Crippen LogP contribution is 2.49. The number of amides is 1. The quantitative estimate of drug-likeness (QED) is 0.867. The molecule has 1 saturated carbocycles. The number of carbonyl (C=O) groups excluding carboxylic acids is 1. The van der Waals surface area contributed by atoms with E-state index in [2.05, 4.69) is 37.9 Å². The summed E-state index contributed by atoms with van der Waals surface area (Å²) in [4.78, 5) is 15.7. The summed E-state index contributed by atoms with van der Waals surface area (Å²) in [6, 6.07) is 0. The van der Waals surface area contributed by atoms with Crippen LogP contribution in [0.1, 0.15) is 59.8 Å². The summed E-state index contributed by atoms with van der Waals surface area (Å²) in [7, 11) is 0. The molecule has 0 spiro atoms. The Hall–Kier alpha value is -0.570. The summed E-state index contributed by atoms with van der Waals surface area (Å²) in [6.45, 7) is 12.3. The summed E-state index contributed by atoms with van der Waals surface area (Å²) < 4.78 is 0. The van der Waals surface area contributed by atoms with Crippen molar-refractivity contribution in [3.8, 4) is 0 Å². The molecule has 21 heavy (non-hydrogen) atoms. The second-order valence-electron chi connectivity index (χ2n) is 8.68. The molecule has 0 aromatic carbocycles. The summed E-state index contributed by atoms with van der Waals surface area (Å²) in [5.74, 6) is 2.40. The van der Waals surface area contributed by atoms with E-state index in [0.717, 1.165) is 38.9 Å². The molecule has 120 valence electrons. The second kappa shape index (κ2) is 5.26. The lowest BCUT2D eigenvalue weighted by Gasteiger charge is -2.42. The Labute approximate surface area is 129 Å². The molecule has 2 saturated heterocycles. The van der Waals surface area contributed by atoms with Crippen LogP contribution in [0.4, 0.5) is 0 Å². The molecule has 0 aromatic rings. The lowest BCUT2D eigenvalue weighted by atomic mass is 9.76. The standard InChI is InChI=1S/C18H32N2O/c1-13(2)9-18(7-5-6-8-18)16(21)20-12-14-10-19-11-15(14)17(20,3)4/h13-15,19H,5-12H2,1-4H3. The molecule has 0 aromatic heterocycles. The van der Waals surface area contributed by atoms with Gasteiger partial charge in [-0.2, -0.15) is 0 Å². The van der Waals surface area contributed by atoms with Crippen LogP contribution in [0.25, 0.3) is 0 Å². The van der Waals surface area contributed by atoms with E-state index < -0.39 is 0 Å². The first-order valence-corrected chi connectivity index (χ1v) is 8.90. The molecule has 3 aliphatic rings. The van der Waals surface area contributed by atoms with Gasteiger partial charge in [-0.25, -0.2) is 0 Å². The van der Waals surface area contributed by atoms with Gasteiger partial charge >= 0.3 is 0 Å². The van der Waals surface area contributed by atoms with Crippen LogP contribution in [0.5, 0.6) is 0 Å². The molecule has 2 atom stereocenters. The molecule has 0 radical (unpaired) electrons. The first-order chi connectivity index (χ1) is 9.87. The zero-order valence-electron chi connectivity index (χ0n) is 14.2. The van der Waals surface area contributed by atoms with Crippen LogP contribution in [0.15, 0.2) is 0 Å². The molecule has 3 heteroatoms. The van der Waals surface area contributed by atoms with Crippen LogP contribution in [0.3, 0.4) is 0 Å². The zero-order valence-corrected chi connectivity index (χ0v) is 14.2. The van der Waals surface area contributed by atoms with Gasteiger partial charge in [0, 0.05) is 30.6 Å². The van der Waals surface area contributed by atoms with Gasteiger partial charge in [-0.15, -0.1) is 0 Å². The highest BCUT2D eigenvalue weighted by molar-refractivity contribution is 5.84. The normalized spacial score (nSPS) is 33.7. The van der Waals surface area contributed by atoms with Gasteiger partial charge in [0.1, 0.15) is 0 Å². The highest BCUT2D eigenvalue weighted by Gasteiger charge is 2.55. The van der Waals surface area contributed by atoms with Gasteiger partial charge in [-0.3, -0.25) is 4.79 Å². The van der Waals surface area contributed by atoms with Gasteiger partial charge in [-0.05, 0) is 50.9 Å². The Morgan fingerprint density at radius 3 is 2.48 bits per heavy atom. The third kappa shape index (κ3) is 2.42. The highest BCUT2D eigenvalue weighted by atomic mass is 16.2. The molecular formula is C18H32N2O. The van der Waals surface area contributed by atoms with Crippen molar-refractivity contribution in [1.82, 2.24) is 10.2 Å². The van der Waals surface area contributed by atoms with Crippen LogP contribution in [-0.2, 0) is 4.79 Å². The fourth-order valence-electron chi connectivity index (χ4n) is 5.39. The third-order valence-electron chi connectivity index (χ3n) is 6.42. The summed E-state index contributed by atoms with van der Waals surface area (Å²) >= 11 is 0. The monoisotopic (exact) mass is 292 g/mol. The van der Waals surface area contributed by atoms with Crippen molar-refractivity contribution in [2.75, 3.05) is 19.6 Å². The van der Waals surface area contributed by atoms with Crippen molar-refractivity contribution in [1.29, 1.82) is 0 Å². The average molecular weight is 292 g/mol. The van der Waals surface area contributed by atoms with Gasteiger partial charge in [0.25, 0.3) is 0 Å². The van der Waals surface area contributed by atoms with Crippen molar-refractivity contribution in [2.45, 2.75) is 65.3 Å². The van der Waals surface area contributed by atoms with Crippen molar-refractivity contribution in [3.63, 3.8) is 0 Å². The SMILES string of the molecule is CC(C)CC1(C(=O)N2CC3CNCC3C2(C)C)CCCC1. The van der Waals surface area contributed by atoms with Gasteiger partial charge in [0.05, 0.1) is 0 Å². The number of rotatable bonds is 3. The van der Waals surface area contributed by atoms with Gasteiger partial charge in [0.2, 0.25) is 5.91 Å². The fourth-order valence-corrected chi connectivity index (χ4v) is 5.39. The summed E-state index contributed by atoms with van der Waals surface area (Å²) in [5.41, 5.74) is -0.0185. The van der Waals surface area contributed by atoms with Gasteiger partial charge in [0.15, 0.2) is 0 Å². The van der Waals surface area contributed by atoms with E-state index >= 15 is 0 Å². The number of hydrogen-bond acceptors (Lipinski definition) is 2. The Kier molecular flexibility index (Phi) is 3.84. The maximum atomic E-state index is 13.5. The van der Waals surface area contributed by atoms with Crippen LogP contribution in [0.2, 0.25) is 0 Å².